The average molecular weight is 248 g/mol. The molecule has 0 radical (unpaired) electrons. The Morgan fingerprint density at radius 3 is 2.18 bits per heavy atom. The van der Waals surface area contributed by atoms with Crippen molar-refractivity contribution in [1.29, 1.82) is 0 Å². The van der Waals surface area contributed by atoms with E-state index in [9.17, 15) is 18.3 Å². The predicted octanol–water partition coefficient (Wildman–Crippen LogP) is 2.92. The van der Waals surface area contributed by atoms with E-state index in [0.717, 1.165) is 11.1 Å². The van der Waals surface area contributed by atoms with Gasteiger partial charge in [-0.25, -0.2) is 0 Å². The van der Waals surface area contributed by atoms with Crippen molar-refractivity contribution in [2.45, 2.75) is 26.1 Å². The smallest absolute Gasteiger partial charge is 0.386 e. The van der Waals surface area contributed by atoms with E-state index in [4.69, 9.17) is 0 Å². The summed E-state index contributed by atoms with van der Waals surface area (Å²) in [6.45, 7) is 2.02. The zero-order valence-corrected chi connectivity index (χ0v) is 9.71. The van der Waals surface area contributed by atoms with E-state index < -0.39 is 18.9 Å². The van der Waals surface area contributed by atoms with Gasteiger partial charge < -0.3 is 9.84 Å². The van der Waals surface area contributed by atoms with Crippen molar-refractivity contribution in [1.82, 2.24) is 0 Å². The molecule has 0 aromatic heterocycles. The Labute approximate surface area is 98.0 Å². The molecule has 0 spiro atoms. The zero-order chi connectivity index (χ0) is 13.1. The molecule has 0 aliphatic heterocycles. The highest BCUT2D eigenvalue weighted by Gasteiger charge is 2.27. The second kappa shape index (κ2) is 5.51. The van der Waals surface area contributed by atoms with E-state index in [1.54, 1.807) is 12.1 Å². The first kappa shape index (κ1) is 14.0. The highest BCUT2D eigenvalue weighted by atomic mass is 19.4. The number of aliphatic hydroxyl groups excluding tert-OH is 1. The second-order valence-corrected chi connectivity index (χ2v) is 4.07. The topological polar surface area (TPSA) is 29.5 Å². The van der Waals surface area contributed by atoms with Gasteiger partial charge in [0.2, 0.25) is 0 Å². The molecule has 2 nitrogen and oxygen atoms in total. The van der Waals surface area contributed by atoms with Crippen molar-refractivity contribution in [3.63, 3.8) is 0 Å². The number of halogens is 3. The van der Waals surface area contributed by atoms with Crippen LogP contribution in [0.15, 0.2) is 18.2 Å². The molecule has 5 heteroatoms. The molecule has 1 atom stereocenters. The number of aliphatic hydroxyl groups is 1. The van der Waals surface area contributed by atoms with Crippen LogP contribution < -0.4 is 0 Å². The molecule has 0 amide bonds. The Balaban J connectivity index is 2.55. The molecular weight excluding hydrogens is 233 g/mol. The molecular formula is C12H15F3O2. The van der Waals surface area contributed by atoms with Gasteiger partial charge in [-0.15, -0.1) is 0 Å². The van der Waals surface area contributed by atoms with Gasteiger partial charge in [-0.3, -0.25) is 0 Å². The van der Waals surface area contributed by atoms with Gasteiger partial charge in [0.05, 0.1) is 6.61 Å². The van der Waals surface area contributed by atoms with Crippen LogP contribution in [0.3, 0.4) is 0 Å². The van der Waals surface area contributed by atoms with Crippen LogP contribution in [0.1, 0.15) is 22.8 Å². The summed E-state index contributed by atoms with van der Waals surface area (Å²) in [6, 6.07) is 5.38. The van der Waals surface area contributed by atoms with E-state index in [-0.39, 0.29) is 6.61 Å². The summed E-state index contributed by atoms with van der Waals surface area (Å²) in [5.41, 5.74) is 2.48. The van der Waals surface area contributed by atoms with E-state index in [1.807, 2.05) is 19.9 Å². The Morgan fingerprint density at radius 1 is 1.18 bits per heavy atom. The zero-order valence-electron chi connectivity index (χ0n) is 9.71. The van der Waals surface area contributed by atoms with Gasteiger partial charge in [0, 0.05) is 0 Å². The van der Waals surface area contributed by atoms with Crippen molar-refractivity contribution in [2.75, 3.05) is 13.2 Å². The Hall–Kier alpha value is -1.07. The highest BCUT2D eigenvalue weighted by Crippen LogP contribution is 2.19. The normalized spacial score (nSPS) is 13.8. The van der Waals surface area contributed by atoms with Crippen molar-refractivity contribution in [3.05, 3.63) is 34.9 Å². The highest BCUT2D eigenvalue weighted by molar-refractivity contribution is 5.29. The van der Waals surface area contributed by atoms with Crippen molar-refractivity contribution in [3.8, 4) is 0 Å². The lowest BCUT2D eigenvalue weighted by molar-refractivity contribution is -0.179. The molecule has 96 valence electrons. The number of benzene rings is 1. The molecule has 1 aromatic rings. The summed E-state index contributed by atoms with van der Waals surface area (Å²) in [5.74, 6) is 0. The third-order valence-electron chi connectivity index (χ3n) is 2.17. The van der Waals surface area contributed by atoms with Crippen LogP contribution in [0.25, 0.3) is 0 Å². The third-order valence-corrected chi connectivity index (χ3v) is 2.17. The van der Waals surface area contributed by atoms with Crippen LogP contribution >= 0.6 is 0 Å². The van der Waals surface area contributed by atoms with E-state index in [1.165, 1.54) is 0 Å². The van der Waals surface area contributed by atoms with Crippen molar-refractivity contribution in [2.24, 2.45) is 0 Å². The molecule has 1 aromatic carbocycles. The summed E-state index contributed by atoms with van der Waals surface area (Å²) in [4.78, 5) is 0. The fraction of sp³-hybridized carbons (Fsp3) is 0.500. The minimum Gasteiger partial charge on any atom is -0.386 e. The number of rotatable bonds is 4. The average Bonchev–Trinajstić information content (AvgIpc) is 2.13. The van der Waals surface area contributed by atoms with Crippen LogP contribution in [0.4, 0.5) is 13.2 Å². The SMILES string of the molecule is Cc1cc(C)cc(C(O)COCC(F)(F)F)c1. The quantitative estimate of drug-likeness (QED) is 0.887. The molecule has 1 unspecified atom stereocenters. The van der Waals surface area contributed by atoms with Crippen molar-refractivity contribution >= 4 is 0 Å². The maximum atomic E-state index is 11.8. The van der Waals surface area contributed by atoms with E-state index >= 15 is 0 Å². The standard InChI is InChI=1S/C12H15F3O2/c1-8-3-9(2)5-10(4-8)11(16)6-17-7-12(13,14)15/h3-5,11,16H,6-7H2,1-2H3. The summed E-state index contributed by atoms with van der Waals surface area (Å²) in [5, 5.41) is 9.67. The Kier molecular flexibility index (Phi) is 4.54. The summed E-state index contributed by atoms with van der Waals surface area (Å²) < 4.78 is 39.9. The van der Waals surface area contributed by atoms with Crippen molar-refractivity contribution < 1.29 is 23.0 Å². The molecule has 0 fully saturated rings. The van der Waals surface area contributed by atoms with Crippen LogP contribution in [-0.4, -0.2) is 24.5 Å². The van der Waals surface area contributed by atoms with Gasteiger partial charge in [0.25, 0.3) is 0 Å². The third kappa shape index (κ3) is 5.19. The van der Waals surface area contributed by atoms with Crippen LogP contribution in [0, 0.1) is 13.8 Å². The fourth-order valence-corrected chi connectivity index (χ4v) is 1.58. The van der Waals surface area contributed by atoms with Crippen LogP contribution in [0.5, 0.6) is 0 Å². The fourth-order valence-electron chi connectivity index (χ4n) is 1.58. The molecule has 0 aliphatic carbocycles. The van der Waals surface area contributed by atoms with Gasteiger partial charge in [-0.05, 0) is 19.4 Å². The number of aryl methyl sites for hydroxylation is 2. The molecule has 0 aliphatic rings. The molecule has 0 heterocycles. The maximum Gasteiger partial charge on any atom is 0.411 e. The molecule has 1 rings (SSSR count). The van der Waals surface area contributed by atoms with Gasteiger partial charge in [0.1, 0.15) is 12.7 Å². The molecule has 0 saturated carbocycles. The van der Waals surface area contributed by atoms with Gasteiger partial charge in [-0.2, -0.15) is 13.2 Å². The van der Waals surface area contributed by atoms with Gasteiger partial charge in [0.15, 0.2) is 0 Å². The first-order chi connectivity index (χ1) is 7.78. The number of hydrogen-bond acceptors (Lipinski definition) is 2. The molecule has 1 N–H and O–H groups in total. The van der Waals surface area contributed by atoms with Gasteiger partial charge in [-0.1, -0.05) is 29.3 Å². The molecule has 17 heavy (non-hydrogen) atoms. The Bertz CT molecular complexity index is 354. The molecule has 0 bridgehead atoms. The lowest BCUT2D eigenvalue weighted by Gasteiger charge is -2.14. The number of alkyl halides is 3. The predicted molar refractivity (Wildman–Crippen MR) is 57.7 cm³/mol. The number of hydrogen-bond donors (Lipinski definition) is 1. The van der Waals surface area contributed by atoms with E-state index in [0.29, 0.717) is 5.56 Å². The van der Waals surface area contributed by atoms with E-state index in [2.05, 4.69) is 4.74 Å². The monoisotopic (exact) mass is 248 g/mol. The first-order valence-corrected chi connectivity index (χ1v) is 5.19. The lowest BCUT2D eigenvalue weighted by atomic mass is 10.0. The van der Waals surface area contributed by atoms with Crippen LogP contribution in [-0.2, 0) is 4.74 Å². The lowest BCUT2D eigenvalue weighted by Crippen LogP contribution is -2.19. The summed E-state index contributed by atoms with van der Waals surface area (Å²) in [7, 11) is 0. The maximum absolute atomic E-state index is 11.8. The molecule has 0 saturated heterocycles. The van der Waals surface area contributed by atoms with Gasteiger partial charge >= 0.3 is 6.18 Å². The largest absolute Gasteiger partial charge is 0.411 e. The minimum atomic E-state index is -4.36. The Morgan fingerprint density at radius 2 is 1.71 bits per heavy atom. The number of ether oxygens (including phenoxy) is 1. The second-order valence-electron chi connectivity index (χ2n) is 4.07. The summed E-state index contributed by atoms with van der Waals surface area (Å²) >= 11 is 0. The van der Waals surface area contributed by atoms with Crippen LogP contribution in [0.2, 0.25) is 0 Å². The first-order valence-electron chi connectivity index (χ1n) is 5.19. The minimum absolute atomic E-state index is 0.359. The summed E-state index contributed by atoms with van der Waals surface area (Å²) in [6.07, 6.45) is -5.39.